The van der Waals surface area contributed by atoms with Crippen LogP contribution < -0.4 is 5.43 Å². The van der Waals surface area contributed by atoms with Crippen LogP contribution in [0.25, 0.3) is 5.82 Å². The minimum atomic E-state index is 0.0212. The second kappa shape index (κ2) is 6.02. The lowest BCUT2D eigenvalue weighted by Crippen LogP contribution is -2.19. The third kappa shape index (κ3) is 3.06. The van der Waals surface area contributed by atoms with Crippen molar-refractivity contribution in [3.05, 3.63) is 35.3 Å². The Morgan fingerprint density at radius 3 is 2.83 bits per heavy atom. The summed E-state index contributed by atoms with van der Waals surface area (Å²) in [5.41, 5.74) is 5.80. The van der Waals surface area contributed by atoms with Crippen molar-refractivity contribution >= 4 is 12.1 Å². The summed E-state index contributed by atoms with van der Waals surface area (Å²) < 4.78 is 4.16. The van der Waals surface area contributed by atoms with Crippen molar-refractivity contribution in [2.75, 3.05) is 0 Å². The number of carbonyl (C=O) groups is 1. The average molecular weight is 313 g/mol. The van der Waals surface area contributed by atoms with Gasteiger partial charge >= 0.3 is 0 Å². The van der Waals surface area contributed by atoms with Crippen LogP contribution in [0.2, 0.25) is 0 Å². The highest BCUT2D eigenvalue weighted by Gasteiger charge is 2.29. The zero-order chi connectivity index (χ0) is 16.6. The number of aryl methyl sites for hydroxylation is 1. The number of carbonyl (C=O) groups excluding carboxylic acids is 1. The molecule has 0 radical (unpaired) electrons. The van der Waals surface area contributed by atoms with Crippen molar-refractivity contribution in [3.63, 3.8) is 0 Å². The zero-order valence-corrected chi connectivity index (χ0v) is 14.1. The van der Waals surface area contributed by atoms with Crippen molar-refractivity contribution in [1.29, 1.82) is 0 Å². The Labute approximate surface area is 136 Å². The Balaban J connectivity index is 1.85. The molecule has 1 aliphatic rings. The minimum absolute atomic E-state index is 0.0212. The molecule has 122 valence electrons. The van der Waals surface area contributed by atoms with E-state index in [1.807, 2.05) is 16.9 Å². The SMILES string of the molecule is Cc1cc(/C=N\NC(=O)C2CC2)c(C)n1-c1ccnn1C(C)C. The Morgan fingerprint density at radius 2 is 2.17 bits per heavy atom. The smallest absolute Gasteiger partial charge is 0.243 e. The largest absolute Gasteiger partial charge is 0.303 e. The second-order valence-corrected chi connectivity index (χ2v) is 6.40. The van der Waals surface area contributed by atoms with E-state index < -0.39 is 0 Å². The molecule has 2 heterocycles. The van der Waals surface area contributed by atoms with Gasteiger partial charge in [-0.15, -0.1) is 0 Å². The van der Waals surface area contributed by atoms with Crippen LogP contribution >= 0.6 is 0 Å². The van der Waals surface area contributed by atoms with Crippen LogP contribution in [0, 0.1) is 19.8 Å². The van der Waals surface area contributed by atoms with Crippen LogP contribution in [0.4, 0.5) is 0 Å². The quantitative estimate of drug-likeness (QED) is 0.681. The molecule has 0 spiro atoms. The third-order valence-electron chi connectivity index (χ3n) is 4.16. The maximum Gasteiger partial charge on any atom is 0.243 e. The Hall–Kier alpha value is -2.37. The van der Waals surface area contributed by atoms with Gasteiger partial charge in [-0.2, -0.15) is 10.2 Å². The van der Waals surface area contributed by atoms with E-state index in [2.05, 4.69) is 54.0 Å². The molecule has 6 nitrogen and oxygen atoms in total. The standard InChI is InChI=1S/C17H23N5O/c1-11(2)22-16(7-8-19-22)21-12(3)9-15(13(21)4)10-18-20-17(23)14-5-6-14/h7-11,14H,5-6H2,1-4H3,(H,20,23)/b18-10-. The summed E-state index contributed by atoms with van der Waals surface area (Å²) in [4.78, 5) is 11.6. The Kier molecular flexibility index (Phi) is 4.07. The number of amides is 1. The van der Waals surface area contributed by atoms with Gasteiger partial charge in [-0.1, -0.05) is 0 Å². The molecule has 0 bridgehead atoms. The molecule has 6 heteroatoms. The van der Waals surface area contributed by atoms with Crippen molar-refractivity contribution in [1.82, 2.24) is 19.8 Å². The molecule has 0 aliphatic heterocycles. The molecule has 1 amide bonds. The molecule has 0 aromatic carbocycles. The maximum atomic E-state index is 11.6. The lowest BCUT2D eigenvalue weighted by Gasteiger charge is -2.14. The normalized spacial score (nSPS) is 14.8. The first-order valence-electron chi connectivity index (χ1n) is 8.04. The second-order valence-electron chi connectivity index (χ2n) is 6.40. The van der Waals surface area contributed by atoms with Crippen molar-refractivity contribution in [2.24, 2.45) is 11.0 Å². The lowest BCUT2D eigenvalue weighted by molar-refractivity contribution is -0.122. The molecule has 1 aliphatic carbocycles. The van der Waals surface area contributed by atoms with Crippen molar-refractivity contribution in [2.45, 2.75) is 46.6 Å². The van der Waals surface area contributed by atoms with Crippen LogP contribution in [0.15, 0.2) is 23.4 Å². The third-order valence-corrected chi connectivity index (χ3v) is 4.16. The van der Waals surface area contributed by atoms with E-state index in [9.17, 15) is 4.79 Å². The number of nitrogens with one attached hydrogen (secondary N) is 1. The highest BCUT2D eigenvalue weighted by Crippen LogP contribution is 2.28. The number of nitrogens with zero attached hydrogens (tertiary/aromatic N) is 4. The fraction of sp³-hybridized carbons (Fsp3) is 0.471. The van der Waals surface area contributed by atoms with E-state index in [1.165, 1.54) is 0 Å². The number of hydrazone groups is 1. The number of hydrogen-bond acceptors (Lipinski definition) is 3. The minimum Gasteiger partial charge on any atom is -0.303 e. The molecular weight excluding hydrogens is 290 g/mol. The molecule has 23 heavy (non-hydrogen) atoms. The predicted molar refractivity (Wildman–Crippen MR) is 89.9 cm³/mol. The molecule has 0 atom stereocenters. The van der Waals surface area contributed by atoms with Gasteiger partial charge in [0.2, 0.25) is 5.91 Å². The highest BCUT2D eigenvalue weighted by molar-refractivity contribution is 5.85. The summed E-state index contributed by atoms with van der Waals surface area (Å²) >= 11 is 0. The van der Waals surface area contributed by atoms with Gasteiger partial charge in [0.25, 0.3) is 0 Å². The van der Waals surface area contributed by atoms with E-state index in [4.69, 9.17) is 0 Å². The fourth-order valence-corrected chi connectivity index (χ4v) is 2.76. The maximum absolute atomic E-state index is 11.6. The summed E-state index contributed by atoms with van der Waals surface area (Å²) in [6.45, 7) is 8.33. The van der Waals surface area contributed by atoms with Gasteiger partial charge in [0, 0.05) is 35.0 Å². The molecule has 2 aromatic heterocycles. The van der Waals surface area contributed by atoms with Gasteiger partial charge in [0.1, 0.15) is 5.82 Å². The molecule has 0 saturated heterocycles. The van der Waals surface area contributed by atoms with E-state index in [-0.39, 0.29) is 17.9 Å². The number of rotatable bonds is 5. The number of aromatic nitrogens is 3. The summed E-state index contributed by atoms with van der Waals surface area (Å²) in [5.74, 6) is 1.23. The summed E-state index contributed by atoms with van der Waals surface area (Å²) in [5, 5.41) is 8.50. The molecule has 1 fully saturated rings. The van der Waals surface area contributed by atoms with Crippen molar-refractivity contribution in [3.8, 4) is 5.82 Å². The Morgan fingerprint density at radius 1 is 1.43 bits per heavy atom. The number of hydrogen-bond donors (Lipinski definition) is 1. The van der Waals surface area contributed by atoms with Crippen LogP contribution in [0.1, 0.15) is 49.7 Å². The molecular formula is C17H23N5O. The average Bonchev–Trinajstić information content (AvgIpc) is 3.17. The van der Waals surface area contributed by atoms with Crippen LogP contribution in [0.5, 0.6) is 0 Å². The van der Waals surface area contributed by atoms with Gasteiger partial charge < -0.3 is 4.57 Å². The first-order chi connectivity index (χ1) is 11.0. The summed E-state index contributed by atoms with van der Waals surface area (Å²) in [7, 11) is 0. The molecule has 2 aromatic rings. The van der Waals surface area contributed by atoms with Gasteiger partial charge in [0.05, 0.1) is 12.4 Å². The Bertz CT molecular complexity index is 749. The molecule has 1 saturated carbocycles. The van der Waals surface area contributed by atoms with Gasteiger partial charge in [0.15, 0.2) is 0 Å². The van der Waals surface area contributed by atoms with E-state index in [0.29, 0.717) is 0 Å². The van der Waals surface area contributed by atoms with Crippen LogP contribution in [-0.2, 0) is 4.79 Å². The monoisotopic (exact) mass is 313 g/mol. The predicted octanol–water partition coefficient (Wildman–Crippen LogP) is 2.73. The topological polar surface area (TPSA) is 64.2 Å². The van der Waals surface area contributed by atoms with E-state index in [0.717, 1.165) is 35.6 Å². The first kappa shape index (κ1) is 15.5. The van der Waals surface area contributed by atoms with Crippen LogP contribution in [-0.4, -0.2) is 26.5 Å². The van der Waals surface area contributed by atoms with E-state index >= 15 is 0 Å². The van der Waals surface area contributed by atoms with Crippen molar-refractivity contribution < 1.29 is 4.79 Å². The van der Waals surface area contributed by atoms with Gasteiger partial charge in [-0.05, 0) is 46.6 Å². The highest BCUT2D eigenvalue weighted by atomic mass is 16.2. The summed E-state index contributed by atoms with van der Waals surface area (Å²) in [6, 6.07) is 4.37. The van der Waals surface area contributed by atoms with Crippen LogP contribution in [0.3, 0.4) is 0 Å². The zero-order valence-electron chi connectivity index (χ0n) is 14.1. The van der Waals surface area contributed by atoms with Gasteiger partial charge in [-0.25, -0.2) is 10.1 Å². The first-order valence-corrected chi connectivity index (χ1v) is 8.04. The molecule has 1 N–H and O–H groups in total. The molecule has 0 unspecified atom stereocenters. The fourth-order valence-electron chi connectivity index (χ4n) is 2.76. The van der Waals surface area contributed by atoms with E-state index in [1.54, 1.807) is 6.21 Å². The lowest BCUT2D eigenvalue weighted by atomic mass is 10.3. The van der Waals surface area contributed by atoms with Gasteiger partial charge in [-0.3, -0.25) is 4.79 Å². The summed E-state index contributed by atoms with van der Waals surface area (Å²) in [6.07, 6.45) is 5.50. The molecule has 3 rings (SSSR count).